The fourth-order valence-corrected chi connectivity index (χ4v) is 3.60. The molecule has 8 nitrogen and oxygen atoms in total. The normalized spacial score (nSPS) is 16.5. The van der Waals surface area contributed by atoms with Crippen LogP contribution in [0.15, 0.2) is 0 Å². The zero-order valence-electron chi connectivity index (χ0n) is 25.8. The minimum absolute atomic E-state index is 0. The summed E-state index contributed by atoms with van der Waals surface area (Å²) >= 11 is 0. The third kappa shape index (κ3) is 31.1. The molecule has 0 aromatic rings. The monoisotopic (exact) mass is 858 g/mol. The number of ether oxygens (including phenoxy) is 6. The molecule has 232 valence electrons. The van der Waals surface area contributed by atoms with Crippen molar-refractivity contribution >= 4 is 0 Å². The Labute approximate surface area is 289 Å². The summed E-state index contributed by atoms with van der Waals surface area (Å²) in [7, 11) is 0. The standard InChI is InChI=1S/C24H46N2O6.2C2H6.U.2V/c1-23(31-19-17-27-13-11-25-7-3-4-8-25)21-29-15-16-30-22-24(2)32-20-18-28-14-12-26-9-5-6-10-26;2*1-2;;;/h3,5,23-24H,4,6-22H2,1-2H3;2*1-2H3;;;/q-2;;;;;. The van der Waals surface area contributed by atoms with Gasteiger partial charge in [-0.25, -0.2) is 0 Å². The summed E-state index contributed by atoms with van der Waals surface area (Å²) < 4.78 is 33.9. The molecule has 2 atom stereocenters. The Bertz CT molecular complexity index is 401. The first kappa shape index (κ1) is 47.8. The third-order valence-corrected chi connectivity index (χ3v) is 5.51. The van der Waals surface area contributed by atoms with E-state index in [0.29, 0.717) is 52.9 Å². The van der Waals surface area contributed by atoms with Crippen molar-refractivity contribution in [3.05, 3.63) is 12.8 Å². The van der Waals surface area contributed by atoms with E-state index in [9.17, 15) is 0 Å². The molecule has 2 saturated heterocycles. The van der Waals surface area contributed by atoms with Gasteiger partial charge < -0.3 is 51.1 Å². The summed E-state index contributed by atoms with van der Waals surface area (Å²) in [6.07, 6.45) is 7.14. The molecule has 2 heterocycles. The number of likely N-dealkylation sites (tertiary alicyclic amines) is 2. The van der Waals surface area contributed by atoms with E-state index < -0.39 is 0 Å². The van der Waals surface area contributed by atoms with Gasteiger partial charge in [0.2, 0.25) is 0 Å². The Morgan fingerprint density at radius 2 is 0.923 bits per heavy atom. The van der Waals surface area contributed by atoms with E-state index in [4.69, 9.17) is 28.4 Å². The largest absolute Gasteiger partial charge is 0.378 e. The molecular formula is C28H58N2O6UV2-2. The van der Waals surface area contributed by atoms with Crippen LogP contribution in [0.4, 0.5) is 0 Å². The van der Waals surface area contributed by atoms with E-state index in [1.807, 2.05) is 41.5 Å². The maximum atomic E-state index is 5.71. The maximum Gasteiger partial charge on any atom is 0.0781 e. The van der Waals surface area contributed by atoms with Gasteiger partial charge >= 0.3 is 0 Å². The molecule has 2 unspecified atom stereocenters. The molecule has 0 aromatic carbocycles. The van der Waals surface area contributed by atoms with Crippen molar-refractivity contribution in [1.82, 2.24) is 9.80 Å². The molecule has 0 spiro atoms. The summed E-state index contributed by atoms with van der Waals surface area (Å²) in [5.41, 5.74) is 0. The Morgan fingerprint density at radius 3 is 1.26 bits per heavy atom. The third-order valence-electron chi connectivity index (χ3n) is 5.51. The average molecular weight is 859 g/mol. The van der Waals surface area contributed by atoms with Gasteiger partial charge in [-0.15, -0.1) is 13.1 Å². The number of nitrogens with zero attached hydrogens (tertiary/aromatic N) is 2. The van der Waals surface area contributed by atoms with Crippen molar-refractivity contribution in [2.24, 2.45) is 0 Å². The second-order valence-corrected chi connectivity index (χ2v) is 8.49. The fraction of sp³-hybridized carbons (Fsp3) is 0.929. The molecule has 0 amide bonds. The molecule has 0 aliphatic carbocycles. The van der Waals surface area contributed by atoms with Crippen LogP contribution in [-0.4, -0.2) is 127 Å². The van der Waals surface area contributed by atoms with Crippen LogP contribution in [0.2, 0.25) is 0 Å². The van der Waals surface area contributed by atoms with Gasteiger partial charge in [-0.05, 0) is 26.9 Å². The van der Waals surface area contributed by atoms with Crippen molar-refractivity contribution in [3.8, 4) is 0 Å². The van der Waals surface area contributed by atoms with Crippen LogP contribution in [0.1, 0.15) is 54.4 Å². The van der Waals surface area contributed by atoms with Gasteiger partial charge in [0.15, 0.2) is 0 Å². The summed E-state index contributed by atoms with van der Waals surface area (Å²) in [5, 5.41) is 0. The quantitative estimate of drug-likeness (QED) is 0.128. The predicted octanol–water partition coefficient (Wildman–Crippen LogP) is 3.73. The summed E-state index contributed by atoms with van der Waals surface area (Å²) in [6, 6.07) is 0. The second kappa shape index (κ2) is 37.9. The first-order valence-corrected chi connectivity index (χ1v) is 14.4. The zero-order valence-corrected chi connectivity index (χ0v) is 32.7. The average Bonchev–Trinajstić information content (AvgIpc) is 3.62. The van der Waals surface area contributed by atoms with E-state index >= 15 is 0 Å². The van der Waals surface area contributed by atoms with E-state index in [2.05, 4.69) is 22.6 Å². The van der Waals surface area contributed by atoms with Gasteiger partial charge in [0.05, 0.1) is 78.3 Å². The fourth-order valence-electron chi connectivity index (χ4n) is 3.60. The van der Waals surface area contributed by atoms with Gasteiger partial charge in [-0.3, -0.25) is 0 Å². The van der Waals surface area contributed by atoms with Crippen molar-refractivity contribution in [3.63, 3.8) is 0 Å². The molecular weight excluding hydrogens is 800 g/mol. The molecule has 2 radical (unpaired) electrons. The SMILES string of the molecule is CC.CC.CC(COCCOCC(C)OCCOCCN1C[CH-]CC1)OCCOCCN1C[CH-]CC1.[U].[V].[V]. The smallest absolute Gasteiger partial charge is 0.0781 e. The summed E-state index contributed by atoms with van der Waals surface area (Å²) in [6.45, 7) is 24.8. The summed E-state index contributed by atoms with van der Waals surface area (Å²) in [5.74, 6) is 0. The van der Waals surface area contributed by atoms with Crippen molar-refractivity contribution < 1.29 is 96.6 Å². The molecule has 11 heteroatoms. The van der Waals surface area contributed by atoms with Gasteiger partial charge in [0.25, 0.3) is 0 Å². The number of rotatable bonds is 21. The topological polar surface area (TPSA) is 61.9 Å². The molecule has 0 N–H and O–H groups in total. The Morgan fingerprint density at radius 1 is 0.564 bits per heavy atom. The van der Waals surface area contributed by atoms with Crippen molar-refractivity contribution in [2.75, 3.05) is 105 Å². The van der Waals surface area contributed by atoms with E-state index in [1.54, 1.807) is 0 Å². The molecule has 2 fully saturated rings. The van der Waals surface area contributed by atoms with Crippen LogP contribution in [-0.2, 0) is 65.5 Å². The van der Waals surface area contributed by atoms with E-state index in [1.165, 1.54) is 12.8 Å². The van der Waals surface area contributed by atoms with Crippen LogP contribution in [0.25, 0.3) is 0 Å². The van der Waals surface area contributed by atoms with Crippen LogP contribution >= 0.6 is 0 Å². The minimum atomic E-state index is 0. The zero-order chi connectivity index (χ0) is 26.7. The predicted molar refractivity (Wildman–Crippen MR) is 148 cm³/mol. The van der Waals surface area contributed by atoms with Crippen molar-refractivity contribution in [2.45, 2.75) is 66.6 Å². The molecule has 0 bridgehead atoms. The summed E-state index contributed by atoms with van der Waals surface area (Å²) in [4.78, 5) is 4.80. The van der Waals surface area contributed by atoms with Crippen LogP contribution in [0.3, 0.4) is 0 Å². The first-order valence-electron chi connectivity index (χ1n) is 14.4. The van der Waals surface area contributed by atoms with E-state index in [0.717, 1.165) is 52.5 Å². The van der Waals surface area contributed by atoms with Crippen LogP contribution in [0, 0.1) is 44.0 Å². The van der Waals surface area contributed by atoms with Gasteiger partial charge in [0.1, 0.15) is 0 Å². The van der Waals surface area contributed by atoms with E-state index in [-0.39, 0.29) is 80.4 Å². The van der Waals surface area contributed by atoms with Crippen molar-refractivity contribution in [1.29, 1.82) is 0 Å². The van der Waals surface area contributed by atoms with Crippen LogP contribution in [0.5, 0.6) is 0 Å². The van der Waals surface area contributed by atoms with Gasteiger partial charge in [-0.1, -0.05) is 27.7 Å². The molecule has 2 aliphatic heterocycles. The Kier molecular flexibility index (Phi) is 46.5. The Hall–Kier alpha value is 1.90. The maximum absolute atomic E-state index is 5.71. The molecule has 2 aliphatic rings. The molecule has 2 rings (SSSR count). The number of hydrogen-bond acceptors (Lipinski definition) is 8. The minimum Gasteiger partial charge on any atom is -0.378 e. The molecule has 0 saturated carbocycles. The van der Waals surface area contributed by atoms with Gasteiger partial charge in [0, 0.05) is 81.3 Å². The first-order chi connectivity index (χ1) is 17.7. The molecule has 39 heavy (non-hydrogen) atoms. The second-order valence-electron chi connectivity index (χ2n) is 8.49. The molecule has 0 aromatic heterocycles. The van der Waals surface area contributed by atoms with Gasteiger partial charge in [-0.2, -0.15) is 12.8 Å². The number of hydrogen-bond donors (Lipinski definition) is 0. The van der Waals surface area contributed by atoms with Crippen LogP contribution < -0.4 is 0 Å². The Balaban J connectivity index is -0.000000834.